The van der Waals surface area contributed by atoms with Crippen molar-refractivity contribution in [1.29, 1.82) is 0 Å². The van der Waals surface area contributed by atoms with E-state index in [-0.39, 0.29) is 0 Å². The number of rotatable bonds is 8. The maximum atomic E-state index is 13.9. The second-order valence-electron chi connectivity index (χ2n) is 9.19. The second kappa shape index (κ2) is 10.8. The Bertz CT molecular complexity index is 1480. The van der Waals surface area contributed by atoms with Crippen molar-refractivity contribution in [3.8, 4) is 0 Å². The van der Waals surface area contributed by atoms with Gasteiger partial charge in [-0.05, 0) is 58.3 Å². The van der Waals surface area contributed by atoms with Crippen LogP contribution in [0.15, 0.2) is 114 Å². The molecule has 1 atom stereocenters. The summed E-state index contributed by atoms with van der Waals surface area (Å²) < 4.78 is 27.7. The van der Waals surface area contributed by atoms with Gasteiger partial charge in [0.25, 0.3) is 0 Å². The summed E-state index contributed by atoms with van der Waals surface area (Å²) >= 11 is 0. The molecular formula is C31H32N2O2S. The van der Waals surface area contributed by atoms with Gasteiger partial charge in [0.15, 0.2) is 9.84 Å². The van der Waals surface area contributed by atoms with Crippen molar-refractivity contribution in [3.63, 3.8) is 0 Å². The Labute approximate surface area is 214 Å². The van der Waals surface area contributed by atoms with Crippen LogP contribution in [0, 0.1) is 0 Å². The third-order valence-electron chi connectivity index (χ3n) is 6.22. The molecule has 0 amide bonds. The predicted octanol–water partition coefficient (Wildman–Crippen LogP) is 6.76. The number of benzene rings is 4. The van der Waals surface area contributed by atoms with Crippen LogP contribution in [0.5, 0.6) is 0 Å². The monoisotopic (exact) mass is 496 g/mol. The van der Waals surface area contributed by atoms with Gasteiger partial charge < -0.3 is 9.80 Å². The van der Waals surface area contributed by atoms with E-state index < -0.39 is 15.1 Å². The summed E-state index contributed by atoms with van der Waals surface area (Å²) in [6.07, 6.45) is 7.45. The predicted molar refractivity (Wildman–Crippen MR) is 154 cm³/mol. The lowest BCUT2D eigenvalue weighted by Crippen LogP contribution is -2.13. The number of nitrogens with zero attached hydrogens (tertiary/aromatic N) is 2. The fourth-order valence-corrected chi connectivity index (χ4v) is 5.72. The minimum Gasteiger partial charge on any atom is -0.378 e. The van der Waals surface area contributed by atoms with Gasteiger partial charge in [-0.2, -0.15) is 0 Å². The molecule has 0 spiro atoms. The maximum absolute atomic E-state index is 13.9. The first-order chi connectivity index (χ1) is 17.3. The molecule has 0 fully saturated rings. The van der Waals surface area contributed by atoms with Crippen molar-refractivity contribution in [2.24, 2.45) is 0 Å². The van der Waals surface area contributed by atoms with Crippen LogP contribution in [-0.2, 0) is 9.84 Å². The van der Waals surface area contributed by atoms with Gasteiger partial charge >= 0.3 is 0 Å². The molecule has 0 radical (unpaired) electrons. The molecule has 0 heterocycles. The quantitative estimate of drug-likeness (QED) is 0.253. The Morgan fingerprint density at radius 3 is 1.86 bits per heavy atom. The summed E-state index contributed by atoms with van der Waals surface area (Å²) in [6.45, 7) is 0. The molecule has 0 aliphatic heterocycles. The molecule has 0 aromatic heterocycles. The first-order valence-electron chi connectivity index (χ1n) is 11.9. The average Bonchev–Trinajstić information content (AvgIpc) is 2.88. The van der Waals surface area contributed by atoms with Crippen LogP contribution in [0.2, 0.25) is 0 Å². The van der Waals surface area contributed by atoms with Crippen LogP contribution in [0.4, 0.5) is 11.4 Å². The first-order valence-corrected chi connectivity index (χ1v) is 13.4. The normalized spacial score (nSPS) is 12.9. The molecule has 1 unspecified atom stereocenters. The molecule has 4 rings (SSSR count). The summed E-state index contributed by atoms with van der Waals surface area (Å²) in [7, 11) is 4.27. The van der Waals surface area contributed by atoms with Crippen LogP contribution in [0.3, 0.4) is 0 Å². The minimum absolute atomic E-state index is 0.316. The van der Waals surface area contributed by atoms with E-state index in [4.69, 9.17) is 0 Å². The first kappa shape index (κ1) is 25.3. The van der Waals surface area contributed by atoms with E-state index in [0.29, 0.717) is 4.90 Å². The lowest BCUT2D eigenvalue weighted by molar-refractivity contribution is 0.590. The van der Waals surface area contributed by atoms with Crippen molar-refractivity contribution in [2.75, 3.05) is 38.0 Å². The molecular weight excluding hydrogens is 464 g/mol. The highest BCUT2D eigenvalue weighted by atomic mass is 32.2. The number of hydrogen-bond donors (Lipinski definition) is 0. The van der Waals surface area contributed by atoms with Gasteiger partial charge in [0, 0.05) is 39.6 Å². The fraction of sp³-hybridized carbons (Fsp3) is 0.161. The average molecular weight is 497 g/mol. The summed E-state index contributed by atoms with van der Waals surface area (Å²) in [4.78, 5) is 4.37. The van der Waals surface area contributed by atoms with E-state index in [1.54, 1.807) is 18.2 Å². The van der Waals surface area contributed by atoms with Crippen LogP contribution in [-0.4, -0.2) is 36.6 Å². The van der Waals surface area contributed by atoms with Gasteiger partial charge in [0.2, 0.25) is 0 Å². The molecule has 0 aliphatic carbocycles. The lowest BCUT2D eigenvalue weighted by Gasteiger charge is -2.17. The standard InChI is InChI=1S/C31H32N2O2S/c1-32(2)28-18-13-24(14-19-28)9-5-8-12-31(26-15-20-29(21-16-26)33(3)4)36(34,35)30-22-17-25-10-6-7-11-27(25)23-30/h5-23,31H,1-4H3. The highest BCUT2D eigenvalue weighted by molar-refractivity contribution is 7.91. The van der Waals surface area contributed by atoms with Crippen molar-refractivity contribution in [3.05, 3.63) is 120 Å². The Hall–Kier alpha value is -3.83. The highest BCUT2D eigenvalue weighted by Crippen LogP contribution is 2.33. The molecule has 36 heavy (non-hydrogen) atoms. The van der Waals surface area contributed by atoms with Crippen LogP contribution in [0.1, 0.15) is 16.4 Å². The van der Waals surface area contributed by atoms with E-state index in [1.165, 1.54) is 0 Å². The molecule has 4 aromatic rings. The number of fused-ring (bicyclic) bond motifs is 1. The van der Waals surface area contributed by atoms with Gasteiger partial charge in [-0.15, -0.1) is 0 Å². The van der Waals surface area contributed by atoms with E-state index in [1.807, 2.05) is 118 Å². The fourth-order valence-electron chi connectivity index (χ4n) is 4.06. The summed E-state index contributed by atoms with van der Waals surface area (Å²) in [5.74, 6) is 0. The van der Waals surface area contributed by atoms with Gasteiger partial charge in [0.05, 0.1) is 4.90 Å². The number of anilines is 2. The molecule has 184 valence electrons. The topological polar surface area (TPSA) is 40.6 Å². The maximum Gasteiger partial charge on any atom is 0.188 e. The molecule has 0 bridgehead atoms. The minimum atomic E-state index is -3.68. The Morgan fingerprint density at radius 1 is 0.667 bits per heavy atom. The molecule has 0 saturated heterocycles. The molecule has 5 heteroatoms. The van der Waals surface area contributed by atoms with E-state index >= 15 is 0 Å². The van der Waals surface area contributed by atoms with Gasteiger partial charge in [-0.25, -0.2) is 8.42 Å². The van der Waals surface area contributed by atoms with Crippen LogP contribution < -0.4 is 9.80 Å². The summed E-state index contributed by atoms with van der Waals surface area (Å²) in [6, 6.07) is 29.0. The van der Waals surface area contributed by atoms with Crippen molar-refractivity contribution < 1.29 is 8.42 Å². The van der Waals surface area contributed by atoms with Crippen molar-refractivity contribution in [2.45, 2.75) is 10.1 Å². The smallest absolute Gasteiger partial charge is 0.188 e. The summed E-state index contributed by atoms with van der Waals surface area (Å²) in [5.41, 5.74) is 3.93. The molecule has 4 aromatic carbocycles. The third-order valence-corrected chi connectivity index (χ3v) is 8.23. The SMILES string of the molecule is CN(C)c1ccc(C=CC=CC(c2ccc(N(C)C)cc2)S(=O)(=O)c2ccc3ccccc3c2)cc1. The third kappa shape index (κ3) is 5.69. The molecule has 4 nitrogen and oxygen atoms in total. The van der Waals surface area contributed by atoms with E-state index in [0.717, 1.165) is 33.3 Å². The molecule has 0 aliphatic rings. The van der Waals surface area contributed by atoms with Gasteiger partial charge in [-0.3, -0.25) is 0 Å². The molecule has 0 saturated carbocycles. The van der Waals surface area contributed by atoms with Crippen LogP contribution in [0.25, 0.3) is 16.8 Å². The lowest BCUT2D eigenvalue weighted by atomic mass is 10.1. The largest absolute Gasteiger partial charge is 0.378 e. The number of hydrogen-bond acceptors (Lipinski definition) is 4. The van der Waals surface area contributed by atoms with Gasteiger partial charge in [-0.1, -0.05) is 78.9 Å². The van der Waals surface area contributed by atoms with E-state index in [9.17, 15) is 8.42 Å². The van der Waals surface area contributed by atoms with Crippen molar-refractivity contribution >= 4 is 38.1 Å². The second-order valence-corrected chi connectivity index (χ2v) is 11.3. The number of allylic oxidation sites excluding steroid dienone is 2. The summed E-state index contributed by atoms with van der Waals surface area (Å²) in [5, 5.41) is 1.11. The Morgan fingerprint density at radius 2 is 1.25 bits per heavy atom. The molecule has 0 N–H and O–H groups in total. The Kier molecular flexibility index (Phi) is 7.61. The van der Waals surface area contributed by atoms with Crippen LogP contribution >= 0.6 is 0 Å². The van der Waals surface area contributed by atoms with Crippen molar-refractivity contribution in [1.82, 2.24) is 0 Å². The number of sulfone groups is 1. The van der Waals surface area contributed by atoms with E-state index in [2.05, 4.69) is 17.0 Å². The Balaban J connectivity index is 1.68. The zero-order chi connectivity index (χ0) is 25.7. The highest BCUT2D eigenvalue weighted by Gasteiger charge is 2.27. The van der Waals surface area contributed by atoms with Gasteiger partial charge in [0.1, 0.15) is 5.25 Å². The zero-order valence-corrected chi connectivity index (χ0v) is 22.0. The zero-order valence-electron chi connectivity index (χ0n) is 21.2.